The number of carbonyl (C=O) groups is 1. The summed E-state index contributed by atoms with van der Waals surface area (Å²) in [6.45, 7) is 5.36. The average molecular weight is 522 g/mol. The molecule has 37 heavy (non-hydrogen) atoms. The molecule has 1 saturated heterocycles. The fraction of sp³-hybridized carbons (Fsp3) is 0.308. The van der Waals surface area contributed by atoms with Crippen molar-refractivity contribution >= 4 is 40.5 Å². The van der Waals surface area contributed by atoms with Crippen LogP contribution >= 0.6 is 11.6 Å². The second-order valence-corrected chi connectivity index (χ2v) is 9.01. The van der Waals surface area contributed by atoms with Gasteiger partial charge in [0.2, 0.25) is 11.9 Å². The zero-order chi connectivity index (χ0) is 25.8. The fourth-order valence-electron chi connectivity index (χ4n) is 4.28. The number of hydrogen-bond acceptors (Lipinski definition) is 8. The highest BCUT2D eigenvalue weighted by molar-refractivity contribution is 6.32. The largest absolute Gasteiger partial charge is 0.489 e. The zero-order valence-corrected chi connectivity index (χ0v) is 21.5. The number of anilines is 3. The van der Waals surface area contributed by atoms with Crippen LogP contribution in [0.2, 0.25) is 5.02 Å². The Morgan fingerprint density at radius 3 is 2.70 bits per heavy atom. The number of pyridine rings is 1. The Kier molecular flexibility index (Phi) is 7.38. The zero-order valence-electron chi connectivity index (χ0n) is 20.7. The minimum atomic E-state index is 0.106. The Morgan fingerprint density at radius 1 is 1.08 bits per heavy atom. The quantitative estimate of drug-likeness (QED) is 0.349. The number of nitrogens with zero attached hydrogens (tertiary/aromatic N) is 6. The minimum Gasteiger partial charge on any atom is -0.489 e. The van der Waals surface area contributed by atoms with E-state index in [4.69, 9.17) is 26.1 Å². The number of piperazine rings is 1. The van der Waals surface area contributed by atoms with Crippen molar-refractivity contribution in [3.63, 3.8) is 0 Å². The van der Waals surface area contributed by atoms with Crippen LogP contribution in [0.1, 0.15) is 6.92 Å². The van der Waals surface area contributed by atoms with Crippen molar-refractivity contribution < 1.29 is 14.3 Å². The lowest BCUT2D eigenvalue weighted by Gasteiger charge is -2.35. The van der Waals surface area contributed by atoms with Crippen LogP contribution in [-0.4, -0.2) is 76.7 Å². The highest BCUT2D eigenvalue weighted by atomic mass is 35.5. The molecule has 0 unspecified atom stereocenters. The summed E-state index contributed by atoms with van der Waals surface area (Å²) in [4.78, 5) is 29.3. The number of ether oxygens (including phenoxy) is 2. The SMILES string of the molecule is COCCOc1cc(N2CCN(C(C)=O)CC2)ccc1Nc1ncc(Cl)c(-c2cnc3ccccn23)n1. The van der Waals surface area contributed by atoms with E-state index in [9.17, 15) is 4.79 Å². The van der Waals surface area contributed by atoms with E-state index in [2.05, 4.69) is 20.2 Å². The van der Waals surface area contributed by atoms with Crippen LogP contribution in [0.4, 0.5) is 17.3 Å². The van der Waals surface area contributed by atoms with Crippen LogP contribution in [0.25, 0.3) is 17.0 Å². The molecule has 0 spiro atoms. The third-order valence-electron chi connectivity index (χ3n) is 6.25. The molecule has 1 N–H and O–H groups in total. The summed E-state index contributed by atoms with van der Waals surface area (Å²) in [5, 5.41) is 3.71. The number of imidazole rings is 1. The van der Waals surface area contributed by atoms with Crippen LogP contribution in [0.5, 0.6) is 5.75 Å². The summed E-state index contributed by atoms with van der Waals surface area (Å²) in [6, 6.07) is 11.7. The molecule has 10 nitrogen and oxygen atoms in total. The smallest absolute Gasteiger partial charge is 0.227 e. The first-order valence-electron chi connectivity index (χ1n) is 12.0. The van der Waals surface area contributed by atoms with E-state index in [1.165, 1.54) is 0 Å². The number of methoxy groups -OCH3 is 1. The first-order chi connectivity index (χ1) is 18.0. The number of fused-ring (bicyclic) bond motifs is 1. The molecule has 0 aliphatic carbocycles. The van der Waals surface area contributed by atoms with E-state index in [1.807, 2.05) is 51.9 Å². The molecular formula is C26H28ClN7O3. The van der Waals surface area contributed by atoms with Gasteiger partial charge >= 0.3 is 0 Å². The van der Waals surface area contributed by atoms with Crippen LogP contribution in [0.15, 0.2) is 55.0 Å². The number of hydrogen-bond donors (Lipinski definition) is 1. The lowest BCUT2D eigenvalue weighted by molar-refractivity contribution is -0.129. The van der Waals surface area contributed by atoms with Gasteiger partial charge in [0.1, 0.15) is 23.7 Å². The molecule has 4 heterocycles. The van der Waals surface area contributed by atoms with Crippen molar-refractivity contribution in [3.05, 3.63) is 60.0 Å². The summed E-state index contributed by atoms with van der Waals surface area (Å²) >= 11 is 6.48. The van der Waals surface area contributed by atoms with Gasteiger partial charge in [-0.15, -0.1) is 0 Å². The van der Waals surface area contributed by atoms with Crippen molar-refractivity contribution in [1.29, 1.82) is 0 Å². The average Bonchev–Trinajstić information content (AvgIpc) is 3.35. The Bertz CT molecular complexity index is 1400. The number of benzene rings is 1. The van der Waals surface area contributed by atoms with Gasteiger partial charge in [-0.25, -0.2) is 15.0 Å². The molecular weight excluding hydrogens is 494 g/mol. The Labute approximate surface area is 219 Å². The van der Waals surface area contributed by atoms with Crippen LogP contribution in [0.3, 0.4) is 0 Å². The Hall–Kier alpha value is -3.89. The molecule has 1 aliphatic heterocycles. The van der Waals surface area contributed by atoms with Gasteiger partial charge in [-0.2, -0.15) is 0 Å². The summed E-state index contributed by atoms with van der Waals surface area (Å²) in [5.74, 6) is 1.14. The Balaban J connectivity index is 1.41. The van der Waals surface area contributed by atoms with Gasteiger partial charge in [-0.1, -0.05) is 17.7 Å². The van der Waals surface area contributed by atoms with Gasteiger partial charge in [0.15, 0.2) is 0 Å². The van der Waals surface area contributed by atoms with Gasteiger partial charge in [0, 0.05) is 58.2 Å². The second-order valence-electron chi connectivity index (χ2n) is 8.60. The number of amides is 1. The van der Waals surface area contributed by atoms with E-state index < -0.39 is 0 Å². The molecule has 1 fully saturated rings. The molecule has 3 aromatic heterocycles. The number of rotatable bonds is 8. The second kappa shape index (κ2) is 11.0. The molecule has 0 bridgehead atoms. The summed E-state index contributed by atoms with van der Waals surface area (Å²) in [5.41, 5.74) is 3.87. The van der Waals surface area contributed by atoms with E-state index in [-0.39, 0.29) is 5.91 Å². The lowest BCUT2D eigenvalue weighted by Crippen LogP contribution is -2.48. The molecule has 192 valence electrons. The van der Waals surface area contributed by atoms with E-state index in [1.54, 1.807) is 26.4 Å². The maximum Gasteiger partial charge on any atom is 0.227 e. The third kappa shape index (κ3) is 5.45. The van der Waals surface area contributed by atoms with Crippen LogP contribution < -0.4 is 15.0 Å². The molecule has 0 atom stereocenters. The monoisotopic (exact) mass is 521 g/mol. The number of aromatic nitrogens is 4. The standard InChI is InChI=1S/C26H28ClN7O3/c1-18(35)32-9-11-33(12-10-32)19-6-7-21(23(15-19)37-14-13-36-2)30-26-29-16-20(27)25(31-26)22-17-28-24-5-3-4-8-34(22)24/h3-8,15-17H,9-14H2,1-2H3,(H,29,30,31). The van der Waals surface area contributed by atoms with E-state index in [0.717, 1.165) is 30.1 Å². The van der Waals surface area contributed by atoms with Gasteiger partial charge in [-0.05, 0) is 24.3 Å². The van der Waals surface area contributed by atoms with Crippen LogP contribution in [0, 0.1) is 0 Å². The van der Waals surface area contributed by atoms with Crippen molar-refractivity contribution in [3.8, 4) is 17.1 Å². The number of halogens is 1. The van der Waals surface area contributed by atoms with Crippen molar-refractivity contribution in [2.45, 2.75) is 6.92 Å². The molecule has 1 amide bonds. The predicted molar refractivity (Wildman–Crippen MR) is 143 cm³/mol. The normalized spacial score (nSPS) is 13.7. The topological polar surface area (TPSA) is 97.1 Å². The first kappa shape index (κ1) is 24.8. The predicted octanol–water partition coefficient (Wildman–Crippen LogP) is 3.88. The molecule has 5 rings (SSSR count). The summed E-state index contributed by atoms with van der Waals surface area (Å²) < 4.78 is 13.1. The Morgan fingerprint density at radius 2 is 1.92 bits per heavy atom. The highest BCUT2D eigenvalue weighted by Gasteiger charge is 2.20. The maximum atomic E-state index is 11.7. The maximum absolute atomic E-state index is 11.7. The van der Waals surface area contributed by atoms with Gasteiger partial charge < -0.3 is 24.6 Å². The fourth-order valence-corrected chi connectivity index (χ4v) is 4.47. The third-order valence-corrected chi connectivity index (χ3v) is 6.53. The molecule has 0 saturated carbocycles. The number of nitrogens with one attached hydrogen (secondary N) is 1. The van der Waals surface area contributed by atoms with Gasteiger partial charge in [0.25, 0.3) is 0 Å². The van der Waals surface area contributed by atoms with Gasteiger partial charge in [0.05, 0.1) is 35.4 Å². The first-order valence-corrected chi connectivity index (χ1v) is 12.4. The highest BCUT2D eigenvalue weighted by Crippen LogP contribution is 2.33. The summed E-state index contributed by atoms with van der Waals surface area (Å²) in [6.07, 6.45) is 5.23. The molecule has 1 aromatic carbocycles. The van der Waals surface area contributed by atoms with E-state index >= 15 is 0 Å². The molecule has 11 heteroatoms. The molecule has 0 radical (unpaired) electrons. The van der Waals surface area contributed by atoms with Crippen LogP contribution in [-0.2, 0) is 9.53 Å². The lowest BCUT2D eigenvalue weighted by atomic mass is 10.2. The number of carbonyl (C=O) groups excluding carboxylic acids is 1. The van der Waals surface area contributed by atoms with E-state index in [0.29, 0.717) is 54.4 Å². The van der Waals surface area contributed by atoms with Crippen molar-refractivity contribution in [2.24, 2.45) is 0 Å². The van der Waals surface area contributed by atoms with Crippen molar-refractivity contribution in [1.82, 2.24) is 24.3 Å². The molecule has 1 aliphatic rings. The summed E-state index contributed by atoms with van der Waals surface area (Å²) in [7, 11) is 1.64. The van der Waals surface area contributed by atoms with Gasteiger partial charge in [-0.3, -0.25) is 9.20 Å². The molecule has 4 aromatic rings. The van der Waals surface area contributed by atoms with Crippen molar-refractivity contribution in [2.75, 3.05) is 56.7 Å². The minimum absolute atomic E-state index is 0.106.